The molecule has 0 spiro atoms. The van der Waals surface area contributed by atoms with Gasteiger partial charge in [-0.25, -0.2) is 9.28 Å². The van der Waals surface area contributed by atoms with Crippen LogP contribution in [0, 0.1) is 13.8 Å². The molecule has 4 aliphatic heterocycles. The molecular weight excluding hydrogens is 630 g/mol. The number of ether oxygens (including phenoxy) is 2. The maximum Gasteiger partial charge on any atom is 0.515 e. The maximum atomic E-state index is 13.7. The van der Waals surface area contributed by atoms with E-state index in [1.807, 2.05) is 41.3 Å². The van der Waals surface area contributed by atoms with Gasteiger partial charge in [0.05, 0.1) is 19.8 Å². The Bertz CT molecular complexity index is 1630. The van der Waals surface area contributed by atoms with Crippen molar-refractivity contribution < 1.29 is 28.7 Å². The lowest BCUT2D eigenvalue weighted by Gasteiger charge is -2.52. The molecule has 10 heteroatoms. The van der Waals surface area contributed by atoms with Crippen molar-refractivity contribution in [2.45, 2.75) is 77.4 Å². The second-order valence-electron chi connectivity index (χ2n) is 14.6. The molecule has 7 rings (SSSR count). The Hall–Kier alpha value is -3.96. The molecule has 3 amide bonds. The van der Waals surface area contributed by atoms with E-state index < -0.39 is 6.09 Å². The largest absolute Gasteiger partial charge is 0.515 e. The van der Waals surface area contributed by atoms with Gasteiger partial charge in [0.25, 0.3) is 0 Å². The molecule has 2 unspecified atom stereocenters. The van der Waals surface area contributed by atoms with Crippen molar-refractivity contribution in [3.8, 4) is 5.75 Å². The average Bonchev–Trinajstić information content (AvgIpc) is 3.30. The number of fused-ring (bicyclic) bond motifs is 1. The smallest absolute Gasteiger partial charge is 0.488 e. The Balaban J connectivity index is 1.14. The molecule has 4 aliphatic rings. The van der Waals surface area contributed by atoms with E-state index in [0.29, 0.717) is 45.1 Å². The van der Waals surface area contributed by atoms with Gasteiger partial charge in [0, 0.05) is 68.9 Å². The minimum absolute atomic E-state index is 0.0471. The Kier molecular flexibility index (Phi) is 10.4. The van der Waals surface area contributed by atoms with E-state index in [2.05, 4.69) is 59.3 Å². The van der Waals surface area contributed by atoms with Crippen molar-refractivity contribution in [2.24, 2.45) is 0 Å². The molecule has 3 aromatic carbocycles. The lowest BCUT2D eigenvalue weighted by molar-refractivity contribution is -0.913. The Morgan fingerprint density at radius 3 is 2.30 bits per heavy atom. The Morgan fingerprint density at radius 1 is 0.880 bits per heavy atom. The van der Waals surface area contributed by atoms with Crippen LogP contribution in [0.4, 0.5) is 15.3 Å². The quantitative estimate of drug-likeness (QED) is 0.271. The number of likely N-dealkylation sites (tertiary alicyclic amines) is 2. The van der Waals surface area contributed by atoms with E-state index in [1.165, 1.54) is 0 Å². The molecule has 0 bridgehead atoms. The zero-order valence-electron chi connectivity index (χ0n) is 29.6. The van der Waals surface area contributed by atoms with Crippen molar-refractivity contribution in [2.75, 3.05) is 57.8 Å². The second-order valence-corrected chi connectivity index (χ2v) is 14.6. The van der Waals surface area contributed by atoms with Crippen LogP contribution >= 0.6 is 0 Å². The number of urea groups is 1. The molecule has 3 saturated heterocycles. The molecule has 3 aromatic rings. The van der Waals surface area contributed by atoms with Gasteiger partial charge in [-0.3, -0.25) is 9.80 Å². The van der Waals surface area contributed by atoms with E-state index >= 15 is 0 Å². The maximum absolute atomic E-state index is 13.7. The summed E-state index contributed by atoms with van der Waals surface area (Å²) in [6, 6.07) is 22.7. The number of carbonyl (C=O) groups is 2. The molecular formula is C40H52N5O5+. The average molecular weight is 683 g/mol. The number of nitrogens with zero attached hydrogens (tertiary/aromatic N) is 4. The first-order valence-electron chi connectivity index (χ1n) is 18.4. The molecule has 2 N–H and O–H groups in total. The molecule has 3 atom stereocenters. The van der Waals surface area contributed by atoms with Crippen LogP contribution in [-0.4, -0.2) is 107 Å². The molecule has 3 fully saturated rings. The first kappa shape index (κ1) is 34.5. The normalized spacial score (nSPS) is 25.4. The van der Waals surface area contributed by atoms with Gasteiger partial charge in [-0.15, -0.1) is 0 Å². The third kappa shape index (κ3) is 7.26. The fraction of sp³-hybridized carbons (Fsp3) is 0.500. The van der Waals surface area contributed by atoms with Gasteiger partial charge in [-0.2, -0.15) is 4.79 Å². The minimum atomic E-state index is -0.795. The van der Waals surface area contributed by atoms with Crippen molar-refractivity contribution in [1.29, 1.82) is 0 Å². The monoisotopic (exact) mass is 682 g/mol. The highest BCUT2D eigenvalue weighted by Gasteiger charge is 2.53. The van der Waals surface area contributed by atoms with E-state index in [0.717, 1.165) is 97.9 Å². The molecule has 0 aromatic heterocycles. The first-order chi connectivity index (χ1) is 24.3. The fourth-order valence-electron chi connectivity index (χ4n) is 8.96. The molecule has 266 valence electrons. The first-order valence-corrected chi connectivity index (χ1v) is 18.4. The third-order valence-electron chi connectivity index (χ3n) is 11.6. The summed E-state index contributed by atoms with van der Waals surface area (Å²) in [5.74, 6) is 0.855. The second kappa shape index (κ2) is 15.1. The van der Waals surface area contributed by atoms with Gasteiger partial charge in [0.15, 0.2) is 6.17 Å². The third-order valence-corrected chi connectivity index (χ3v) is 11.6. The predicted octanol–water partition coefficient (Wildman–Crippen LogP) is 6.25. The van der Waals surface area contributed by atoms with E-state index in [4.69, 9.17) is 9.47 Å². The van der Waals surface area contributed by atoms with E-state index in [-0.39, 0.29) is 22.7 Å². The highest BCUT2D eigenvalue weighted by atomic mass is 16.5. The number of benzene rings is 3. The number of hydrogen-bond acceptors (Lipinski definition) is 6. The number of rotatable bonds is 8. The van der Waals surface area contributed by atoms with Crippen molar-refractivity contribution in [3.05, 3.63) is 94.5 Å². The Labute approximate surface area is 296 Å². The van der Waals surface area contributed by atoms with Crippen LogP contribution < -0.4 is 10.1 Å². The van der Waals surface area contributed by atoms with Crippen LogP contribution in [-0.2, 0) is 24.3 Å². The van der Waals surface area contributed by atoms with Gasteiger partial charge in [0.2, 0.25) is 0 Å². The van der Waals surface area contributed by atoms with Crippen LogP contribution in [0.2, 0.25) is 0 Å². The summed E-state index contributed by atoms with van der Waals surface area (Å²) >= 11 is 0. The zero-order chi connectivity index (χ0) is 34.7. The van der Waals surface area contributed by atoms with Crippen molar-refractivity contribution in [1.82, 2.24) is 14.7 Å². The summed E-state index contributed by atoms with van der Waals surface area (Å²) in [7, 11) is 0. The number of amides is 3. The summed E-state index contributed by atoms with van der Waals surface area (Å²) in [4.78, 5) is 34.3. The van der Waals surface area contributed by atoms with Gasteiger partial charge >= 0.3 is 12.1 Å². The molecule has 10 nitrogen and oxygen atoms in total. The lowest BCUT2D eigenvalue weighted by Crippen LogP contribution is -2.70. The summed E-state index contributed by atoms with van der Waals surface area (Å²) in [5.41, 5.74) is 6.14. The van der Waals surface area contributed by atoms with Gasteiger partial charge in [-0.1, -0.05) is 48.5 Å². The van der Waals surface area contributed by atoms with Crippen LogP contribution in [0.3, 0.4) is 0 Å². The van der Waals surface area contributed by atoms with Gasteiger partial charge in [0.1, 0.15) is 18.9 Å². The highest BCUT2D eigenvalue weighted by molar-refractivity contribution is 5.91. The lowest BCUT2D eigenvalue weighted by atomic mass is 9.92. The van der Waals surface area contributed by atoms with Gasteiger partial charge in [-0.05, 0) is 73.6 Å². The number of quaternary nitrogens is 1. The number of carboxylic acid groups (broad SMARTS) is 1. The van der Waals surface area contributed by atoms with Crippen molar-refractivity contribution >= 4 is 17.8 Å². The topological polar surface area (TPSA) is 94.6 Å². The summed E-state index contributed by atoms with van der Waals surface area (Å²) in [6.07, 6.45) is 2.98. The van der Waals surface area contributed by atoms with Crippen LogP contribution in [0.25, 0.3) is 0 Å². The van der Waals surface area contributed by atoms with Crippen LogP contribution in [0.1, 0.15) is 53.5 Å². The van der Waals surface area contributed by atoms with Crippen LogP contribution in [0.5, 0.6) is 5.75 Å². The molecule has 4 heterocycles. The number of piperidine rings is 2. The Morgan fingerprint density at radius 2 is 1.58 bits per heavy atom. The molecule has 0 radical (unpaired) electrons. The summed E-state index contributed by atoms with van der Waals surface area (Å²) < 4.78 is 11.8. The molecule has 0 aliphatic carbocycles. The number of anilines is 1. The minimum Gasteiger partial charge on any atom is -0.488 e. The van der Waals surface area contributed by atoms with E-state index in [1.54, 1.807) is 0 Å². The summed E-state index contributed by atoms with van der Waals surface area (Å²) in [6.45, 7) is 11.2. The standard InChI is InChI=1S/C40H51N5O5/c1-29-24-32(25-30(2)38(29)50-28-31-8-4-3-5-9-31)27-45(40(47)48)21-15-35(44-18-12-33-10-6-7-11-36(33)41-39(44)46)26-37(45)43-16-13-34(14-17-43)42-19-22-49-23-20-42/h3-11,24-25,34-35,37H,12-23,26-28H2,1-2H3,(H-,41,46,47,48)/p+1/t35?,37?,45-/m1/s1. The fourth-order valence-corrected chi connectivity index (χ4v) is 8.96. The number of hydrogen-bond donors (Lipinski definition) is 2. The zero-order valence-corrected chi connectivity index (χ0v) is 29.6. The van der Waals surface area contributed by atoms with Crippen molar-refractivity contribution in [3.63, 3.8) is 0 Å². The number of carbonyl (C=O) groups excluding carboxylic acids is 1. The molecule has 0 saturated carbocycles. The van der Waals surface area contributed by atoms with Gasteiger partial charge < -0.3 is 24.8 Å². The highest BCUT2D eigenvalue weighted by Crippen LogP contribution is 2.38. The van der Waals surface area contributed by atoms with E-state index in [9.17, 15) is 14.7 Å². The number of morpholine rings is 1. The summed E-state index contributed by atoms with van der Waals surface area (Å²) in [5, 5.41) is 14.4. The SMILES string of the molecule is Cc1cc(C[N@+]2(C(=O)O)CCC(N3CCc4ccccc4NC3=O)CC2N2CCC(N3CCOCC3)CC2)cc(C)c1OCc1ccccc1. The number of aryl methyl sites for hydroxylation is 2. The number of para-hydroxylation sites is 1. The number of nitrogens with one attached hydrogen (secondary N) is 1. The predicted molar refractivity (Wildman–Crippen MR) is 193 cm³/mol. The molecule has 50 heavy (non-hydrogen) atoms. The van der Waals surface area contributed by atoms with Crippen LogP contribution in [0.15, 0.2) is 66.7 Å².